The number of carbonyl (C=O) groups is 1. The Labute approximate surface area is 146 Å². The Balaban J connectivity index is 1.66. The van der Waals surface area contributed by atoms with E-state index in [1.54, 1.807) is 0 Å². The molecule has 0 aromatic heterocycles. The molecule has 9 atom stereocenters. The number of aliphatic hydroxyl groups is 2. The second-order valence-electron chi connectivity index (χ2n) is 10.0. The van der Waals surface area contributed by atoms with Crippen molar-refractivity contribution in [2.45, 2.75) is 84.3 Å². The molecule has 0 aliphatic heterocycles. The molecule has 24 heavy (non-hydrogen) atoms. The van der Waals surface area contributed by atoms with Crippen LogP contribution in [0.2, 0.25) is 0 Å². The van der Waals surface area contributed by atoms with E-state index in [0.29, 0.717) is 35.9 Å². The molecule has 2 N–H and O–H groups in total. The summed E-state index contributed by atoms with van der Waals surface area (Å²) in [6.07, 6.45) is 7.49. The summed E-state index contributed by atoms with van der Waals surface area (Å²) in [6.45, 7) is 6.69. The van der Waals surface area contributed by atoms with Crippen molar-refractivity contribution in [3.8, 4) is 0 Å². The highest BCUT2D eigenvalue weighted by molar-refractivity contribution is 5.83. The third kappa shape index (κ3) is 2.19. The molecule has 4 rings (SSSR count). The predicted molar refractivity (Wildman–Crippen MR) is 93.3 cm³/mol. The van der Waals surface area contributed by atoms with E-state index in [1.165, 1.54) is 19.3 Å². The van der Waals surface area contributed by atoms with Gasteiger partial charge in [-0.05, 0) is 86.4 Å². The van der Waals surface area contributed by atoms with E-state index in [2.05, 4.69) is 13.8 Å². The molecule has 0 heterocycles. The number of Topliss-reactive ketones (excluding diaryl/α,β-unsaturated/α-hetero) is 1. The first-order valence-corrected chi connectivity index (χ1v) is 10.2. The van der Waals surface area contributed by atoms with E-state index in [1.807, 2.05) is 6.92 Å². The van der Waals surface area contributed by atoms with Crippen molar-refractivity contribution in [3.63, 3.8) is 0 Å². The molecule has 0 aromatic carbocycles. The number of hydrogen-bond donors (Lipinski definition) is 2. The number of hydrogen-bond acceptors (Lipinski definition) is 3. The highest BCUT2D eigenvalue weighted by Gasteiger charge is 2.62. The molecule has 4 aliphatic rings. The molecule has 0 aromatic rings. The van der Waals surface area contributed by atoms with Gasteiger partial charge in [-0.25, -0.2) is 0 Å². The fourth-order valence-electron chi connectivity index (χ4n) is 7.85. The van der Waals surface area contributed by atoms with Crippen LogP contribution in [-0.2, 0) is 4.79 Å². The van der Waals surface area contributed by atoms with Crippen molar-refractivity contribution in [3.05, 3.63) is 0 Å². The van der Waals surface area contributed by atoms with Crippen molar-refractivity contribution in [2.24, 2.45) is 40.4 Å². The van der Waals surface area contributed by atoms with Gasteiger partial charge in [-0.15, -0.1) is 0 Å². The zero-order valence-corrected chi connectivity index (χ0v) is 15.5. The maximum atomic E-state index is 13.0. The third-order valence-corrected chi connectivity index (χ3v) is 9.09. The summed E-state index contributed by atoms with van der Waals surface area (Å²) in [5.41, 5.74) is 0.316. The lowest BCUT2D eigenvalue weighted by Crippen LogP contribution is -2.57. The number of ketones is 1. The molecule has 0 radical (unpaired) electrons. The summed E-state index contributed by atoms with van der Waals surface area (Å²) in [7, 11) is 0. The van der Waals surface area contributed by atoms with E-state index >= 15 is 0 Å². The van der Waals surface area contributed by atoms with Gasteiger partial charge in [0.25, 0.3) is 0 Å². The van der Waals surface area contributed by atoms with Crippen molar-refractivity contribution >= 4 is 5.78 Å². The molecule has 3 heteroatoms. The Morgan fingerprint density at radius 2 is 1.71 bits per heavy atom. The zero-order chi connectivity index (χ0) is 17.3. The molecular weight excluding hydrogens is 300 g/mol. The molecule has 4 aliphatic carbocycles. The summed E-state index contributed by atoms with van der Waals surface area (Å²) in [5, 5.41) is 20.4. The normalized spacial score (nSPS) is 55.5. The van der Waals surface area contributed by atoms with Crippen LogP contribution in [0.1, 0.15) is 72.1 Å². The maximum absolute atomic E-state index is 13.0. The van der Waals surface area contributed by atoms with Gasteiger partial charge in [0.05, 0.1) is 12.2 Å². The number of fused-ring (bicyclic) bond motifs is 5. The molecule has 4 fully saturated rings. The molecule has 0 spiro atoms. The topological polar surface area (TPSA) is 57.5 Å². The van der Waals surface area contributed by atoms with E-state index in [9.17, 15) is 15.0 Å². The number of carbonyl (C=O) groups excluding carboxylic acids is 1. The van der Waals surface area contributed by atoms with E-state index in [4.69, 9.17) is 0 Å². The van der Waals surface area contributed by atoms with E-state index < -0.39 is 0 Å². The molecule has 0 saturated heterocycles. The fraction of sp³-hybridized carbons (Fsp3) is 0.952. The Morgan fingerprint density at radius 1 is 1.04 bits per heavy atom. The standard InChI is InChI=1S/C21H34O3/c1-12(22)15-4-5-16-14-11-19(24)18-10-13(23)6-8-21(18,3)17(14)7-9-20(15,16)2/h12-18,22-23H,4-11H2,1-3H3/t12-,13-,14-,15+,16+,17-,18-,20+,21-/m0/s1. The van der Waals surface area contributed by atoms with Gasteiger partial charge in [0.2, 0.25) is 0 Å². The number of rotatable bonds is 1. The van der Waals surface area contributed by atoms with Crippen molar-refractivity contribution in [1.29, 1.82) is 0 Å². The van der Waals surface area contributed by atoms with E-state index in [0.717, 1.165) is 25.7 Å². The summed E-state index contributed by atoms with van der Waals surface area (Å²) in [4.78, 5) is 13.0. The minimum atomic E-state index is -0.275. The summed E-state index contributed by atoms with van der Waals surface area (Å²) >= 11 is 0. The Kier molecular flexibility index (Phi) is 3.93. The first-order chi connectivity index (χ1) is 11.3. The molecule has 0 bridgehead atoms. The van der Waals surface area contributed by atoms with Gasteiger partial charge in [-0.2, -0.15) is 0 Å². The zero-order valence-electron chi connectivity index (χ0n) is 15.5. The second-order valence-corrected chi connectivity index (χ2v) is 10.0. The lowest BCUT2D eigenvalue weighted by molar-refractivity contribution is -0.160. The average Bonchev–Trinajstić information content (AvgIpc) is 2.87. The summed E-state index contributed by atoms with van der Waals surface area (Å²) in [6, 6.07) is 0. The quantitative estimate of drug-likeness (QED) is 0.771. The van der Waals surface area contributed by atoms with Crippen LogP contribution in [0.3, 0.4) is 0 Å². The molecular formula is C21H34O3. The molecule has 136 valence electrons. The molecule has 0 amide bonds. The second kappa shape index (κ2) is 5.54. The maximum Gasteiger partial charge on any atom is 0.136 e. The lowest BCUT2D eigenvalue weighted by Gasteiger charge is -2.60. The minimum absolute atomic E-state index is 0.0841. The smallest absolute Gasteiger partial charge is 0.136 e. The van der Waals surface area contributed by atoms with Crippen LogP contribution in [0.5, 0.6) is 0 Å². The van der Waals surface area contributed by atoms with Gasteiger partial charge in [0.1, 0.15) is 5.78 Å². The van der Waals surface area contributed by atoms with Crippen molar-refractivity contribution < 1.29 is 15.0 Å². The van der Waals surface area contributed by atoms with Crippen LogP contribution in [0.15, 0.2) is 0 Å². The van der Waals surface area contributed by atoms with Gasteiger partial charge in [0.15, 0.2) is 0 Å². The predicted octanol–water partition coefficient (Wildman–Crippen LogP) is 3.57. The fourth-order valence-corrected chi connectivity index (χ4v) is 7.85. The SMILES string of the molecule is C[C@H](O)[C@H]1CC[C@@H]2[C@@H]3CC(=O)[C@@H]4C[C@@H](O)CC[C@@]4(C)[C@H]3CC[C@@]21C. The Bertz CT molecular complexity index is 529. The highest BCUT2D eigenvalue weighted by Crippen LogP contribution is 2.67. The molecule has 3 nitrogen and oxygen atoms in total. The first-order valence-electron chi connectivity index (χ1n) is 10.2. The molecule has 0 unspecified atom stereocenters. The average molecular weight is 335 g/mol. The van der Waals surface area contributed by atoms with Gasteiger partial charge in [-0.1, -0.05) is 13.8 Å². The van der Waals surface area contributed by atoms with Crippen molar-refractivity contribution in [1.82, 2.24) is 0 Å². The van der Waals surface area contributed by atoms with Crippen LogP contribution in [-0.4, -0.2) is 28.2 Å². The monoisotopic (exact) mass is 334 g/mol. The largest absolute Gasteiger partial charge is 0.393 e. The summed E-state index contributed by atoms with van der Waals surface area (Å²) in [5.74, 6) is 2.65. The lowest BCUT2D eigenvalue weighted by atomic mass is 9.44. The Morgan fingerprint density at radius 3 is 2.42 bits per heavy atom. The third-order valence-electron chi connectivity index (χ3n) is 9.09. The van der Waals surface area contributed by atoms with Crippen LogP contribution in [0, 0.1) is 40.4 Å². The van der Waals surface area contributed by atoms with Gasteiger partial charge in [-0.3, -0.25) is 4.79 Å². The minimum Gasteiger partial charge on any atom is -0.393 e. The van der Waals surface area contributed by atoms with Gasteiger partial charge >= 0.3 is 0 Å². The van der Waals surface area contributed by atoms with Crippen LogP contribution in [0.4, 0.5) is 0 Å². The molecule has 4 saturated carbocycles. The van der Waals surface area contributed by atoms with Gasteiger partial charge in [0, 0.05) is 12.3 Å². The van der Waals surface area contributed by atoms with Crippen molar-refractivity contribution in [2.75, 3.05) is 0 Å². The van der Waals surface area contributed by atoms with Crippen LogP contribution in [0.25, 0.3) is 0 Å². The van der Waals surface area contributed by atoms with E-state index in [-0.39, 0.29) is 29.0 Å². The Hall–Kier alpha value is -0.410. The first kappa shape index (κ1) is 17.0. The van der Waals surface area contributed by atoms with Crippen LogP contribution >= 0.6 is 0 Å². The number of aliphatic hydroxyl groups excluding tert-OH is 2. The summed E-state index contributed by atoms with van der Waals surface area (Å²) < 4.78 is 0. The van der Waals surface area contributed by atoms with Crippen LogP contribution < -0.4 is 0 Å². The van der Waals surface area contributed by atoms with Gasteiger partial charge < -0.3 is 10.2 Å². The highest BCUT2D eigenvalue weighted by atomic mass is 16.3.